The lowest BCUT2D eigenvalue weighted by Crippen LogP contribution is -2.14. The van der Waals surface area contributed by atoms with Crippen LogP contribution in [0.2, 0.25) is 5.02 Å². The van der Waals surface area contributed by atoms with Crippen molar-refractivity contribution in [3.63, 3.8) is 0 Å². The molecule has 0 unspecified atom stereocenters. The van der Waals surface area contributed by atoms with Crippen molar-refractivity contribution in [3.05, 3.63) is 58.6 Å². The Bertz CT molecular complexity index is 638. The van der Waals surface area contributed by atoms with Crippen LogP contribution in [0.4, 0.5) is 11.4 Å². The molecule has 0 aromatic heterocycles. The number of hydrogen-bond acceptors (Lipinski definition) is 2. The first-order valence-corrected chi connectivity index (χ1v) is 6.70. The van der Waals surface area contributed by atoms with Crippen molar-refractivity contribution in [2.75, 3.05) is 24.3 Å². The molecule has 0 aliphatic rings. The number of nitrogens with one attached hydrogen (secondary N) is 1. The Hall–Kier alpha value is -2.00. The standard InChI is InChI=1S/C16H17ClN2O/c1-11-9-12(7-8-15(11)19(2)3)16(20)18-14-6-4-5-13(17)10-14/h4-10H,1-3H3,(H,18,20). The van der Waals surface area contributed by atoms with Crippen LogP contribution in [0.1, 0.15) is 15.9 Å². The summed E-state index contributed by atoms with van der Waals surface area (Å²) in [6.45, 7) is 1.99. The molecule has 0 atom stereocenters. The minimum absolute atomic E-state index is 0.138. The van der Waals surface area contributed by atoms with Gasteiger partial charge in [0.15, 0.2) is 0 Å². The minimum Gasteiger partial charge on any atom is -0.377 e. The highest BCUT2D eigenvalue weighted by Crippen LogP contribution is 2.20. The largest absolute Gasteiger partial charge is 0.377 e. The van der Waals surface area contributed by atoms with Gasteiger partial charge in [-0.3, -0.25) is 4.79 Å². The quantitative estimate of drug-likeness (QED) is 0.927. The van der Waals surface area contributed by atoms with Crippen LogP contribution in [-0.2, 0) is 0 Å². The Morgan fingerprint density at radius 2 is 1.90 bits per heavy atom. The van der Waals surface area contributed by atoms with Crippen LogP contribution in [0.25, 0.3) is 0 Å². The van der Waals surface area contributed by atoms with E-state index in [4.69, 9.17) is 11.6 Å². The summed E-state index contributed by atoms with van der Waals surface area (Å²) in [5.41, 5.74) is 3.49. The number of benzene rings is 2. The molecule has 1 N–H and O–H groups in total. The second-order valence-electron chi connectivity index (χ2n) is 4.86. The fourth-order valence-electron chi connectivity index (χ4n) is 2.07. The van der Waals surface area contributed by atoms with E-state index in [1.165, 1.54) is 0 Å². The van der Waals surface area contributed by atoms with Gasteiger partial charge in [-0.2, -0.15) is 0 Å². The zero-order valence-electron chi connectivity index (χ0n) is 11.8. The van der Waals surface area contributed by atoms with E-state index in [9.17, 15) is 4.79 Å². The molecule has 0 aliphatic carbocycles. The molecule has 0 bridgehead atoms. The summed E-state index contributed by atoms with van der Waals surface area (Å²) >= 11 is 5.90. The van der Waals surface area contributed by atoms with Crippen molar-refractivity contribution in [2.45, 2.75) is 6.92 Å². The van der Waals surface area contributed by atoms with Crippen molar-refractivity contribution in [2.24, 2.45) is 0 Å². The lowest BCUT2D eigenvalue weighted by Gasteiger charge is -2.16. The number of amides is 1. The fraction of sp³-hybridized carbons (Fsp3) is 0.188. The number of anilines is 2. The van der Waals surface area contributed by atoms with Crippen molar-refractivity contribution >= 4 is 28.9 Å². The van der Waals surface area contributed by atoms with E-state index >= 15 is 0 Å². The Labute approximate surface area is 124 Å². The van der Waals surface area contributed by atoms with E-state index in [1.807, 2.05) is 50.2 Å². The predicted molar refractivity (Wildman–Crippen MR) is 84.9 cm³/mol. The number of nitrogens with zero attached hydrogens (tertiary/aromatic N) is 1. The Morgan fingerprint density at radius 1 is 1.15 bits per heavy atom. The van der Waals surface area contributed by atoms with E-state index in [1.54, 1.807) is 18.2 Å². The van der Waals surface area contributed by atoms with Gasteiger partial charge < -0.3 is 10.2 Å². The number of halogens is 1. The van der Waals surface area contributed by atoms with Gasteiger partial charge in [-0.1, -0.05) is 17.7 Å². The van der Waals surface area contributed by atoms with Gasteiger partial charge in [-0.15, -0.1) is 0 Å². The van der Waals surface area contributed by atoms with Gasteiger partial charge in [0.25, 0.3) is 5.91 Å². The lowest BCUT2D eigenvalue weighted by atomic mass is 10.1. The van der Waals surface area contributed by atoms with E-state index in [-0.39, 0.29) is 5.91 Å². The van der Waals surface area contributed by atoms with Gasteiger partial charge in [0.1, 0.15) is 0 Å². The monoisotopic (exact) mass is 288 g/mol. The summed E-state index contributed by atoms with van der Waals surface area (Å²) in [5.74, 6) is -0.138. The number of carbonyl (C=O) groups excluding carboxylic acids is 1. The molecule has 0 spiro atoms. The zero-order chi connectivity index (χ0) is 14.7. The maximum absolute atomic E-state index is 12.2. The van der Waals surface area contributed by atoms with Crippen molar-refractivity contribution < 1.29 is 4.79 Å². The van der Waals surface area contributed by atoms with Crippen molar-refractivity contribution in [1.29, 1.82) is 0 Å². The molecule has 0 fully saturated rings. The molecule has 2 aromatic carbocycles. The average molecular weight is 289 g/mol. The Balaban J connectivity index is 2.19. The third-order valence-corrected chi connectivity index (χ3v) is 3.26. The normalized spacial score (nSPS) is 10.2. The summed E-state index contributed by atoms with van der Waals surface area (Å²) in [7, 11) is 3.96. The van der Waals surface area contributed by atoms with Gasteiger partial charge in [0.05, 0.1) is 0 Å². The van der Waals surface area contributed by atoms with Gasteiger partial charge in [-0.25, -0.2) is 0 Å². The summed E-state index contributed by atoms with van der Waals surface area (Å²) in [5, 5.41) is 3.44. The van der Waals surface area contributed by atoms with Crippen LogP contribution in [0, 0.1) is 6.92 Å². The Kier molecular flexibility index (Phi) is 4.30. The second kappa shape index (κ2) is 5.97. The summed E-state index contributed by atoms with van der Waals surface area (Å²) < 4.78 is 0. The summed E-state index contributed by atoms with van der Waals surface area (Å²) in [6, 6.07) is 12.8. The molecule has 0 aliphatic heterocycles. The molecule has 1 amide bonds. The molecule has 104 valence electrons. The average Bonchev–Trinajstić information content (AvgIpc) is 2.38. The van der Waals surface area contributed by atoms with Crippen LogP contribution in [0.15, 0.2) is 42.5 Å². The van der Waals surface area contributed by atoms with E-state index < -0.39 is 0 Å². The zero-order valence-corrected chi connectivity index (χ0v) is 12.5. The molecule has 0 heterocycles. The predicted octanol–water partition coefficient (Wildman–Crippen LogP) is 3.97. The van der Waals surface area contributed by atoms with Gasteiger partial charge in [-0.05, 0) is 48.9 Å². The lowest BCUT2D eigenvalue weighted by molar-refractivity contribution is 0.102. The molecule has 0 radical (unpaired) electrons. The highest BCUT2D eigenvalue weighted by atomic mass is 35.5. The topological polar surface area (TPSA) is 32.3 Å². The van der Waals surface area contributed by atoms with Gasteiger partial charge in [0, 0.05) is 36.1 Å². The van der Waals surface area contributed by atoms with E-state index in [0.29, 0.717) is 16.3 Å². The maximum atomic E-state index is 12.2. The van der Waals surface area contributed by atoms with Crippen LogP contribution >= 0.6 is 11.6 Å². The van der Waals surface area contributed by atoms with Crippen LogP contribution in [0.5, 0.6) is 0 Å². The van der Waals surface area contributed by atoms with Gasteiger partial charge in [0.2, 0.25) is 0 Å². The molecule has 20 heavy (non-hydrogen) atoms. The smallest absolute Gasteiger partial charge is 0.255 e. The molecular formula is C16H17ClN2O. The first-order valence-electron chi connectivity index (χ1n) is 6.32. The third kappa shape index (κ3) is 3.31. The van der Waals surface area contributed by atoms with Crippen LogP contribution in [0.3, 0.4) is 0 Å². The number of aryl methyl sites for hydroxylation is 1. The van der Waals surface area contributed by atoms with Crippen LogP contribution < -0.4 is 10.2 Å². The Morgan fingerprint density at radius 3 is 2.50 bits per heavy atom. The number of hydrogen-bond donors (Lipinski definition) is 1. The highest BCUT2D eigenvalue weighted by Gasteiger charge is 2.09. The second-order valence-corrected chi connectivity index (χ2v) is 5.30. The number of carbonyl (C=O) groups is 1. The first kappa shape index (κ1) is 14.4. The molecular weight excluding hydrogens is 272 g/mol. The SMILES string of the molecule is Cc1cc(C(=O)Nc2cccc(Cl)c2)ccc1N(C)C. The minimum atomic E-state index is -0.138. The molecule has 2 aromatic rings. The molecule has 0 saturated heterocycles. The summed E-state index contributed by atoms with van der Waals surface area (Å²) in [6.07, 6.45) is 0. The third-order valence-electron chi connectivity index (χ3n) is 3.02. The summed E-state index contributed by atoms with van der Waals surface area (Å²) in [4.78, 5) is 14.2. The number of rotatable bonds is 3. The molecule has 2 rings (SSSR count). The van der Waals surface area contributed by atoms with E-state index in [0.717, 1.165) is 11.3 Å². The molecule has 3 nitrogen and oxygen atoms in total. The van der Waals surface area contributed by atoms with Gasteiger partial charge >= 0.3 is 0 Å². The first-order chi connectivity index (χ1) is 9.47. The van der Waals surface area contributed by atoms with Crippen molar-refractivity contribution in [1.82, 2.24) is 0 Å². The maximum Gasteiger partial charge on any atom is 0.255 e. The van der Waals surface area contributed by atoms with E-state index in [2.05, 4.69) is 5.32 Å². The fourth-order valence-corrected chi connectivity index (χ4v) is 2.26. The molecule has 0 saturated carbocycles. The van der Waals surface area contributed by atoms with Crippen molar-refractivity contribution in [3.8, 4) is 0 Å². The van der Waals surface area contributed by atoms with Crippen LogP contribution in [-0.4, -0.2) is 20.0 Å². The molecule has 4 heteroatoms. The highest BCUT2D eigenvalue weighted by molar-refractivity contribution is 6.30.